The van der Waals surface area contributed by atoms with Crippen molar-refractivity contribution in [3.8, 4) is 0 Å². The molecule has 1 aliphatic heterocycles. The lowest BCUT2D eigenvalue weighted by molar-refractivity contribution is -0.117. The smallest absolute Gasteiger partial charge is 0.227 e. The van der Waals surface area contributed by atoms with Gasteiger partial charge < -0.3 is 10.2 Å². The molecular weight excluding hydrogens is 260 g/mol. The Morgan fingerprint density at radius 3 is 2.62 bits per heavy atom. The van der Waals surface area contributed by atoms with Gasteiger partial charge in [0.05, 0.1) is 11.4 Å². The first-order chi connectivity index (χ1) is 10.3. The molecule has 3 heteroatoms. The molecule has 1 aromatic rings. The standard InChI is InChI=1S/C18H28N2O/c1-2-3-4-5-6-9-14-19-16-11-7-8-12-17(16)20-15-10-13-18(20)21/h7-8,11-12,19H,2-6,9-10,13-15H2,1H3. The molecule has 1 heterocycles. The number of carbonyl (C=O) groups excluding carboxylic acids is 1. The molecule has 1 fully saturated rings. The molecule has 1 aliphatic rings. The SMILES string of the molecule is CCCCCCCCNc1ccccc1N1CCCC1=O. The second-order valence-electron chi connectivity index (χ2n) is 5.86. The molecule has 21 heavy (non-hydrogen) atoms. The van der Waals surface area contributed by atoms with Crippen LogP contribution >= 0.6 is 0 Å². The fraction of sp³-hybridized carbons (Fsp3) is 0.611. The van der Waals surface area contributed by atoms with Gasteiger partial charge in [0.1, 0.15) is 0 Å². The van der Waals surface area contributed by atoms with Gasteiger partial charge >= 0.3 is 0 Å². The molecule has 1 aromatic carbocycles. The lowest BCUT2D eigenvalue weighted by atomic mass is 10.1. The molecule has 0 spiro atoms. The topological polar surface area (TPSA) is 32.3 Å². The number of para-hydroxylation sites is 2. The predicted molar refractivity (Wildman–Crippen MR) is 89.9 cm³/mol. The van der Waals surface area contributed by atoms with Gasteiger partial charge in [0.25, 0.3) is 0 Å². The number of carbonyl (C=O) groups is 1. The average molecular weight is 288 g/mol. The molecule has 0 bridgehead atoms. The normalized spacial score (nSPS) is 14.7. The zero-order valence-electron chi connectivity index (χ0n) is 13.2. The van der Waals surface area contributed by atoms with Crippen LogP contribution in [0.4, 0.5) is 11.4 Å². The van der Waals surface area contributed by atoms with Crippen molar-refractivity contribution in [2.45, 2.75) is 58.3 Å². The number of unbranched alkanes of at least 4 members (excludes halogenated alkanes) is 5. The van der Waals surface area contributed by atoms with E-state index in [0.29, 0.717) is 6.42 Å². The molecule has 1 N–H and O–H groups in total. The second kappa shape index (κ2) is 8.71. The maximum absolute atomic E-state index is 11.9. The van der Waals surface area contributed by atoms with Gasteiger partial charge in [-0.25, -0.2) is 0 Å². The van der Waals surface area contributed by atoms with Gasteiger partial charge in [-0.15, -0.1) is 0 Å². The maximum atomic E-state index is 11.9. The summed E-state index contributed by atoms with van der Waals surface area (Å²) >= 11 is 0. The van der Waals surface area contributed by atoms with E-state index in [0.717, 1.165) is 30.9 Å². The molecule has 116 valence electrons. The van der Waals surface area contributed by atoms with Gasteiger partial charge in [-0.2, -0.15) is 0 Å². The van der Waals surface area contributed by atoms with Crippen molar-refractivity contribution in [3.05, 3.63) is 24.3 Å². The van der Waals surface area contributed by atoms with Crippen molar-refractivity contribution in [2.24, 2.45) is 0 Å². The first-order valence-corrected chi connectivity index (χ1v) is 8.46. The fourth-order valence-electron chi connectivity index (χ4n) is 2.89. The monoisotopic (exact) mass is 288 g/mol. The van der Waals surface area contributed by atoms with Crippen molar-refractivity contribution in [2.75, 3.05) is 23.3 Å². The molecule has 2 rings (SSSR count). The Hall–Kier alpha value is -1.51. The summed E-state index contributed by atoms with van der Waals surface area (Å²) in [4.78, 5) is 13.8. The van der Waals surface area contributed by atoms with Crippen LogP contribution in [-0.4, -0.2) is 19.0 Å². The van der Waals surface area contributed by atoms with Crippen molar-refractivity contribution in [1.82, 2.24) is 0 Å². The minimum absolute atomic E-state index is 0.254. The van der Waals surface area contributed by atoms with E-state index in [1.807, 2.05) is 23.1 Å². The van der Waals surface area contributed by atoms with E-state index in [2.05, 4.69) is 18.3 Å². The number of benzene rings is 1. The van der Waals surface area contributed by atoms with Crippen LogP contribution in [0.3, 0.4) is 0 Å². The van der Waals surface area contributed by atoms with Gasteiger partial charge in [0.15, 0.2) is 0 Å². The number of nitrogens with one attached hydrogen (secondary N) is 1. The lowest BCUT2D eigenvalue weighted by Gasteiger charge is -2.20. The Balaban J connectivity index is 1.79. The van der Waals surface area contributed by atoms with Crippen LogP contribution in [0.1, 0.15) is 58.3 Å². The molecule has 1 amide bonds. The summed E-state index contributed by atoms with van der Waals surface area (Å²) in [5, 5.41) is 3.51. The van der Waals surface area contributed by atoms with Crippen molar-refractivity contribution in [1.29, 1.82) is 0 Å². The Bertz CT molecular complexity index is 445. The molecule has 0 atom stereocenters. The third-order valence-corrected chi connectivity index (χ3v) is 4.11. The molecule has 3 nitrogen and oxygen atoms in total. The zero-order chi connectivity index (χ0) is 14.9. The number of nitrogens with zero attached hydrogens (tertiary/aromatic N) is 1. The van der Waals surface area contributed by atoms with Crippen LogP contribution in [0.5, 0.6) is 0 Å². The van der Waals surface area contributed by atoms with Gasteiger partial charge in [0.2, 0.25) is 5.91 Å². The summed E-state index contributed by atoms with van der Waals surface area (Å²) in [6, 6.07) is 8.18. The van der Waals surface area contributed by atoms with Crippen LogP contribution < -0.4 is 10.2 Å². The molecule has 0 radical (unpaired) electrons. The van der Waals surface area contributed by atoms with E-state index in [9.17, 15) is 4.79 Å². The van der Waals surface area contributed by atoms with E-state index in [4.69, 9.17) is 0 Å². The van der Waals surface area contributed by atoms with E-state index in [-0.39, 0.29) is 5.91 Å². The van der Waals surface area contributed by atoms with Crippen LogP contribution in [0, 0.1) is 0 Å². The number of amides is 1. The fourth-order valence-corrected chi connectivity index (χ4v) is 2.89. The van der Waals surface area contributed by atoms with Crippen LogP contribution in [0.15, 0.2) is 24.3 Å². The van der Waals surface area contributed by atoms with E-state index in [1.54, 1.807) is 0 Å². The summed E-state index contributed by atoms with van der Waals surface area (Å²) in [5.41, 5.74) is 2.15. The van der Waals surface area contributed by atoms with Gasteiger partial charge in [-0.1, -0.05) is 51.2 Å². The Morgan fingerprint density at radius 2 is 1.86 bits per heavy atom. The lowest BCUT2D eigenvalue weighted by Crippen LogP contribution is -2.24. The average Bonchev–Trinajstić information content (AvgIpc) is 2.93. The predicted octanol–water partition coefficient (Wildman–Crippen LogP) is 4.59. The highest BCUT2D eigenvalue weighted by molar-refractivity contribution is 5.98. The summed E-state index contributed by atoms with van der Waals surface area (Å²) in [6.07, 6.45) is 9.50. The Kier molecular flexibility index (Phi) is 6.58. The number of rotatable bonds is 9. The van der Waals surface area contributed by atoms with E-state index < -0.39 is 0 Å². The number of hydrogen-bond acceptors (Lipinski definition) is 2. The minimum atomic E-state index is 0.254. The summed E-state index contributed by atoms with van der Waals surface area (Å²) in [6.45, 7) is 4.10. The molecular formula is C18H28N2O. The third kappa shape index (κ3) is 4.76. The first kappa shape index (κ1) is 15.9. The highest BCUT2D eigenvalue weighted by atomic mass is 16.2. The first-order valence-electron chi connectivity index (χ1n) is 8.46. The molecule has 0 saturated carbocycles. The Morgan fingerprint density at radius 1 is 1.10 bits per heavy atom. The van der Waals surface area contributed by atoms with Crippen molar-refractivity contribution in [3.63, 3.8) is 0 Å². The molecule has 1 saturated heterocycles. The van der Waals surface area contributed by atoms with E-state index >= 15 is 0 Å². The highest BCUT2D eigenvalue weighted by Gasteiger charge is 2.23. The van der Waals surface area contributed by atoms with Gasteiger partial charge in [-0.05, 0) is 25.0 Å². The second-order valence-corrected chi connectivity index (χ2v) is 5.86. The van der Waals surface area contributed by atoms with E-state index in [1.165, 1.54) is 38.5 Å². The maximum Gasteiger partial charge on any atom is 0.227 e. The van der Waals surface area contributed by atoms with Gasteiger partial charge in [0, 0.05) is 19.5 Å². The number of hydrogen-bond donors (Lipinski definition) is 1. The van der Waals surface area contributed by atoms with Crippen molar-refractivity contribution < 1.29 is 4.79 Å². The molecule has 0 aliphatic carbocycles. The summed E-state index contributed by atoms with van der Waals surface area (Å²) < 4.78 is 0. The van der Waals surface area contributed by atoms with Crippen LogP contribution in [0.25, 0.3) is 0 Å². The molecule has 0 unspecified atom stereocenters. The number of anilines is 2. The molecule has 0 aromatic heterocycles. The highest BCUT2D eigenvalue weighted by Crippen LogP contribution is 2.29. The van der Waals surface area contributed by atoms with Crippen molar-refractivity contribution >= 4 is 17.3 Å². The third-order valence-electron chi connectivity index (χ3n) is 4.11. The van der Waals surface area contributed by atoms with Crippen LogP contribution in [0.2, 0.25) is 0 Å². The minimum Gasteiger partial charge on any atom is -0.383 e. The zero-order valence-corrected chi connectivity index (χ0v) is 13.2. The quantitative estimate of drug-likeness (QED) is 0.674. The Labute approximate surface area is 128 Å². The summed E-state index contributed by atoms with van der Waals surface area (Å²) in [5.74, 6) is 0.254. The van der Waals surface area contributed by atoms with Gasteiger partial charge in [-0.3, -0.25) is 4.79 Å². The summed E-state index contributed by atoms with van der Waals surface area (Å²) in [7, 11) is 0. The van der Waals surface area contributed by atoms with Crippen LogP contribution in [-0.2, 0) is 4.79 Å². The largest absolute Gasteiger partial charge is 0.383 e.